The highest BCUT2D eigenvalue weighted by atomic mass is 35.5. The summed E-state index contributed by atoms with van der Waals surface area (Å²) in [5, 5.41) is 11.6. The van der Waals surface area contributed by atoms with Gasteiger partial charge in [-0.3, -0.25) is 5.41 Å². The van der Waals surface area contributed by atoms with Crippen LogP contribution in [-0.2, 0) is 11.2 Å². The summed E-state index contributed by atoms with van der Waals surface area (Å²) in [6.07, 6.45) is 1.88. The number of hydrogen-bond acceptors (Lipinski definition) is 3. The Morgan fingerprint density at radius 1 is 1.50 bits per heavy atom. The molecule has 0 spiro atoms. The summed E-state index contributed by atoms with van der Waals surface area (Å²) in [5.41, 5.74) is 8.48. The smallest absolute Gasteiger partial charge is 0.213 e. The zero-order chi connectivity index (χ0) is 11.4. The molecule has 1 heterocycles. The number of nitrogen functional groups attached to an aromatic ring is 1. The van der Waals surface area contributed by atoms with Gasteiger partial charge in [0, 0.05) is 19.4 Å². The van der Waals surface area contributed by atoms with E-state index >= 15 is 0 Å². The van der Waals surface area contributed by atoms with Gasteiger partial charge in [-0.15, -0.1) is 12.4 Å². The molecule has 1 aromatic rings. The van der Waals surface area contributed by atoms with Crippen molar-refractivity contribution in [3.63, 3.8) is 0 Å². The molecule has 0 aliphatic carbocycles. The van der Waals surface area contributed by atoms with Crippen LogP contribution >= 0.6 is 12.4 Å². The fourth-order valence-corrected chi connectivity index (χ4v) is 1.66. The first kappa shape index (κ1) is 14.9. The molecule has 0 saturated heterocycles. The molecule has 0 radical (unpaired) electrons. The van der Waals surface area contributed by atoms with Crippen molar-refractivity contribution in [3.8, 4) is 0 Å². The van der Waals surface area contributed by atoms with Crippen molar-refractivity contribution in [2.24, 2.45) is 5.73 Å². The zero-order valence-corrected chi connectivity index (χ0v) is 10.7. The van der Waals surface area contributed by atoms with Gasteiger partial charge in [-0.05, 0) is 32.3 Å². The average Bonchev–Trinajstić information content (AvgIpc) is 2.45. The number of nitrogens with zero attached hydrogens (tertiary/aromatic N) is 2. The Labute approximate surface area is 102 Å². The molecule has 6 heteroatoms. The molecule has 5 nitrogen and oxygen atoms in total. The van der Waals surface area contributed by atoms with Crippen molar-refractivity contribution in [2.75, 3.05) is 13.7 Å². The van der Waals surface area contributed by atoms with Crippen molar-refractivity contribution in [1.82, 2.24) is 9.78 Å². The molecule has 0 bridgehead atoms. The molecule has 0 saturated carbocycles. The first-order chi connectivity index (χ1) is 7.07. The van der Waals surface area contributed by atoms with E-state index in [2.05, 4.69) is 5.10 Å². The summed E-state index contributed by atoms with van der Waals surface area (Å²) in [7, 11) is 1.69. The normalized spacial score (nSPS) is 9.94. The molecule has 92 valence electrons. The van der Waals surface area contributed by atoms with Crippen LogP contribution in [0.2, 0.25) is 0 Å². The maximum absolute atomic E-state index is 7.35. The van der Waals surface area contributed by atoms with Crippen LogP contribution in [0.4, 0.5) is 0 Å². The maximum Gasteiger partial charge on any atom is 0.213 e. The van der Waals surface area contributed by atoms with Gasteiger partial charge in [0.05, 0.1) is 5.69 Å². The number of aromatic nitrogens is 2. The average molecular weight is 247 g/mol. The fraction of sp³-hybridized carbons (Fsp3) is 0.600. The van der Waals surface area contributed by atoms with Crippen molar-refractivity contribution in [2.45, 2.75) is 26.7 Å². The van der Waals surface area contributed by atoms with Crippen molar-refractivity contribution < 1.29 is 4.74 Å². The van der Waals surface area contributed by atoms with Gasteiger partial charge in [0.2, 0.25) is 5.96 Å². The van der Waals surface area contributed by atoms with E-state index in [0.717, 1.165) is 30.8 Å². The zero-order valence-electron chi connectivity index (χ0n) is 9.91. The van der Waals surface area contributed by atoms with Crippen molar-refractivity contribution in [3.05, 3.63) is 17.0 Å². The van der Waals surface area contributed by atoms with Gasteiger partial charge >= 0.3 is 0 Å². The van der Waals surface area contributed by atoms with Crippen LogP contribution in [0.3, 0.4) is 0 Å². The first-order valence-corrected chi connectivity index (χ1v) is 4.96. The number of ether oxygens (including phenoxy) is 1. The number of hydrogen-bond donors (Lipinski definition) is 2. The number of halogens is 1. The van der Waals surface area contributed by atoms with Gasteiger partial charge in [-0.1, -0.05) is 0 Å². The van der Waals surface area contributed by atoms with Crippen molar-refractivity contribution in [1.29, 1.82) is 5.41 Å². The van der Waals surface area contributed by atoms with Crippen LogP contribution in [0.25, 0.3) is 0 Å². The van der Waals surface area contributed by atoms with E-state index in [1.807, 2.05) is 13.8 Å². The SMILES string of the molecule is COCCCc1c(C)nn(C(=N)N)c1C.Cl. The molecule has 0 aliphatic rings. The summed E-state index contributed by atoms with van der Waals surface area (Å²) in [6.45, 7) is 4.61. The van der Waals surface area contributed by atoms with E-state index in [1.165, 1.54) is 10.2 Å². The molecule has 0 atom stereocenters. The van der Waals surface area contributed by atoms with Crippen molar-refractivity contribution >= 4 is 18.4 Å². The summed E-state index contributed by atoms with van der Waals surface area (Å²) in [6, 6.07) is 0. The minimum absolute atomic E-state index is 0. The summed E-state index contributed by atoms with van der Waals surface area (Å²) < 4.78 is 6.47. The Hall–Kier alpha value is -1.07. The predicted octanol–water partition coefficient (Wildman–Crippen LogP) is 1.24. The highest BCUT2D eigenvalue weighted by molar-refractivity contribution is 5.85. The molecule has 1 rings (SSSR count). The maximum atomic E-state index is 7.35. The number of methoxy groups -OCH3 is 1. The molecule has 0 fully saturated rings. The minimum atomic E-state index is -0.0337. The van der Waals surface area contributed by atoms with Crippen LogP contribution in [-0.4, -0.2) is 29.5 Å². The van der Waals surface area contributed by atoms with Gasteiger partial charge in [0.15, 0.2) is 0 Å². The second kappa shape index (κ2) is 6.50. The molecule has 16 heavy (non-hydrogen) atoms. The molecule has 3 N–H and O–H groups in total. The monoisotopic (exact) mass is 246 g/mol. The molecule has 0 amide bonds. The summed E-state index contributed by atoms with van der Waals surface area (Å²) in [5.74, 6) is -0.0337. The van der Waals surface area contributed by atoms with Gasteiger partial charge in [0.25, 0.3) is 0 Å². The van der Waals surface area contributed by atoms with E-state index in [-0.39, 0.29) is 18.4 Å². The Morgan fingerprint density at radius 2 is 2.12 bits per heavy atom. The second-order valence-corrected chi connectivity index (χ2v) is 3.54. The van der Waals surface area contributed by atoms with Crippen LogP contribution < -0.4 is 5.73 Å². The topological polar surface area (TPSA) is 76.9 Å². The Bertz CT molecular complexity index is 362. The molecule has 0 aromatic carbocycles. The third kappa shape index (κ3) is 3.21. The number of aryl methyl sites for hydroxylation is 1. The standard InChI is InChI=1S/C10H18N4O.ClH/c1-7-9(5-4-6-15-3)8(2)14(13-7)10(11)12;/h4-6H2,1-3H3,(H3,11,12);1H. The number of nitrogens with two attached hydrogens (primary N) is 1. The van der Waals surface area contributed by atoms with Gasteiger partial charge in [-0.25, -0.2) is 4.68 Å². The highest BCUT2D eigenvalue weighted by Crippen LogP contribution is 2.14. The Kier molecular flexibility index (Phi) is 6.06. The van der Waals surface area contributed by atoms with Crippen LogP contribution in [0.5, 0.6) is 0 Å². The lowest BCUT2D eigenvalue weighted by Crippen LogP contribution is -2.23. The van der Waals surface area contributed by atoms with Gasteiger partial charge in [0.1, 0.15) is 0 Å². The molecular formula is C10H19ClN4O. The van der Waals surface area contributed by atoms with E-state index in [4.69, 9.17) is 15.9 Å². The largest absolute Gasteiger partial charge is 0.385 e. The van der Waals surface area contributed by atoms with Crippen LogP contribution in [0, 0.1) is 19.3 Å². The van der Waals surface area contributed by atoms with E-state index in [1.54, 1.807) is 7.11 Å². The Morgan fingerprint density at radius 3 is 2.56 bits per heavy atom. The van der Waals surface area contributed by atoms with E-state index < -0.39 is 0 Å². The quantitative estimate of drug-likeness (QED) is 0.477. The third-order valence-electron chi connectivity index (χ3n) is 2.44. The third-order valence-corrected chi connectivity index (χ3v) is 2.44. The highest BCUT2D eigenvalue weighted by Gasteiger charge is 2.12. The van der Waals surface area contributed by atoms with Gasteiger partial charge in [-0.2, -0.15) is 5.10 Å². The molecular weight excluding hydrogens is 228 g/mol. The Balaban J connectivity index is 0.00000225. The van der Waals surface area contributed by atoms with Crippen LogP contribution in [0.1, 0.15) is 23.4 Å². The first-order valence-electron chi connectivity index (χ1n) is 4.96. The fourth-order valence-electron chi connectivity index (χ4n) is 1.66. The lowest BCUT2D eigenvalue weighted by Gasteiger charge is -2.02. The van der Waals surface area contributed by atoms with Gasteiger partial charge < -0.3 is 10.5 Å². The van der Waals surface area contributed by atoms with E-state index in [9.17, 15) is 0 Å². The lowest BCUT2D eigenvalue weighted by molar-refractivity contribution is 0.195. The number of rotatable bonds is 4. The summed E-state index contributed by atoms with van der Waals surface area (Å²) in [4.78, 5) is 0. The molecule has 0 aliphatic heterocycles. The molecule has 1 aromatic heterocycles. The van der Waals surface area contributed by atoms with E-state index in [0.29, 0.717) is 0 Å². The molecule has 0 unspecified atom stereocenters. The lowest BCUT2D eigenvalue weighted by atomic mass is 10.1. The predicted molar refractivity (Wildman–Crippen MR) is 66.5 cm³/mol. The summed E-state index contributed by atoms with van der Waals surface area (Å²) >= 11 is 0. The minimum Gasteiger partial charge on any atom is -0.385 e. The number of nitrogens with one attached hydrogen (secondary N) is 1. The second-order valence-electron chi connectivity index (χ2n) is 3.54. The van der Waals surface area contributed by atoms with Crippen LogP contribution in [0.15, 0.2) is 0 Å².